The van der Waals surface area contributed by atoms with Crippen LogP contribution in [-0.4, -0.2) is 19.2 Å². The molecule has 0 spiro atoms. The number of ether oxygens (including phenoxy) is 2. The highest BCUT2D eigenvalue weighted by atomic mass is 19.4. The second-order valence-electron chi connectivity index (χ2n) is 5.14. The minimum atomic E-state index is -4.34. The van der Waals surface area contributed by atoms with E-state index in [-0.39, 0.29) is 18.0 Å². The molecule has 1 aromatic rings. The summed E-state index contributed by atoms with van der Waals surface area (Å²) in [6.45, 7) is 0. The third-order valence-corrected chi connectivity index (χ3v) is 3.69. The fourth-order valence-electron chi connectivity index (χ4n) is 2.50. The van der Waals surface area contributed by atoms with Crippen LogP contribution in [0.5, 0.6) is 5.75 Å². The SMILES string of the molecule is COC(=O)C1CCC(Oc2ccc(C(F)(F)F)cc2)CC1. The largest absolute Gasteiger partial charge is 0.490 e. The molecule has 2 rings (SSSR count). The van der Waals surface area contributed by atoms with E-state index in [1.54, 1.807) is 0 Å². The monoisotopic (exact) mass is 302 g/mol. The van der Waals surface area contributed by atoms with Crippen molar-refractivity contribution in [2.24, 2.45) is 5.92 Å². The lowest BCUT2D eigenvalue weighted by Crippen LogP contribution is -2.28. The van der Waals surface area contributed by atoms with Crippen molar-refractivity contribution in [1.29, 1.82) is 0 Å². The fourth-order valence-corrected chi connectivity index (χ4v) is 2.50. The van der Waals surface area contributed by atoms with E-state index in [2.05, 4.69) is 0 Å². The van der Waals surface area contributed by atoms with E-state index in [4.69, 9.17) is 9.47 Å². The van der Waals surface area contributed by atoms with E-state index in [0.717, 1.165) is 12.1 Å². The second kappa shape index (κ2) is 6.37. The molecule has 0 unspecified atom stereocenters. The van der Waals surface area contributed by atoms with Gasteiger partial charge >= 0.3 is 12.1 Å². The summed E-state index contributed by atoms with van der Waals surface area (Å²) in [5.41, 5.74) is -0.691. The van der Waals surface area contributed by atoms with Crippen molar-refractivity contribution in [3.8, 4) is 5.75 Å². The standard InChI is InChI=1S/C15H17F3O3/c1-20-14(19)10-2-6-12(7-3-10)21-13-8-4-11(5-9-13)15(16,17)18/h4-5,8-10,12H,2-3,6-7H2,1H3. The zero-order valence-electron chi connectivity index (χ0n) is 11.7. The van der Waals surface area contributed by atoms with Crippen molar-refractivity contribution in [2.45, 2.75) is 38.0 Å². The molecule has 1 aliphatic carbocycles. The molecule has 1 fully saturated rings. The lowest BCUT2D eigenvalue weighted by Gasteiger charge is -2.27. The maximum Gasteiger partial charge on any atom is 0.416 e. The van der Waals surface area contributed by atoms with Crippen molar-refractivity contribution >= 4 is 5.97 Å². The Morgan fingerprint density at radius 3 is 2.14 bits per heavy atom. The number of methoxy groups -OCH3 is 1. The van der Waals surface area contributed by atoms with Gasteiger partial charge in [-0.2, -0.15) is 13.2 Å². The Labute approximate surface area is 121 Å². The highest BCUT2D eigenvalue weighted by Gasteiger charge is 2.31. The van der Waals surface area contributed by atoms with Crippen LogP contribution in [0.15, 0.2) is 24.3 Å². The molecular weight excluding hydrogens is 285 g/mol. The van der Waals surface area contributed by atoms with Crippen molar-refractivity contribution < 1.29 is 27.4 Å². The number of alkyl halides is 3. The highest BCUT2D eigenvalue weighted by Crippen LogP contribution is 2.32. The number of halogens is 3. The average molecular weight is 302 g/mol. The number of benzene rings is 1. The molecule has 21 heavy (non-hydrogen) atoms. The number of rotatable bonds is 3. The smallest absolute Gasteiger partial charge is 0.416 e. The van der Waals surface area contributed by atoms with E-state index in [1.807, 2.05) is 0 Å². The van der Waals surface area contributed by atoms with Crippen LogP contribution in [0.2, 0.25) is 0 Å². The van der Waals surface area contributed by atoms with Crippen LogP contribution in [0, 0.1) is 5.92 Å². The molecule has 0 atom stereocenters. The maximum absolute atomic E-state index is 12.4. The van der Waals surface area contributed by atoms with Crippen molar-refractivity contribution in [3.05, 3.63) is 29.8 Å². The van der Waals surface area contributed by atoms with Crippen LogP contribution in [0.4, 0.5) is 13.2 Å². The molecule has 1 aliphatic rings. The lowest BCUT2D eigenvalue weighted by atomic mass is 9.87. The predicted molar refractivity (Wildman–Crippen MR) is 69.8 cm³/mol. The Kier molecular flexibility index (Phi) is 4.75. The summed E-state index contributed by atoms with van der Waals surface area (Å²) in [7, 11) is 1.37. The number of carbonyl (C=O) groups is 1. The van der Waals surface area contributed by atoms with Gasteiger partial charge in [0, 0.05) is 0 Å². The third kappa shape index (κ3) is 4.12. The molecule has 116 valence electrons. The van der Waals surface area contributed by atoms with E-state index in [1.165, 1.54) is 19.2 Å². The van der Waals surface area contributed by atoms with Gasteiger partial charge in [0.1, 0.15) is 5.75 Å². The van der Waals surface area contributed by atoms with Gasteiger partial charge in [-0.25, -0.2) is 0 Å². The van der Waals surface area contributed by atoms with Crippen molar-refractivity contribution in [3.63, 3.8) is 0 Å². The Morgan fingerprint density at radius 2 is 1.67 bits per heavy atom. The predicted octanol–water partition coefficient (Wildman–Crippen LogP) is 3.82. The Balaban J connectivity index is 1.88. The number of esters is 1. The zero-order chi connectivity index (χ0) is 15.5. The average Bonchev–Trinajstić information content (AvgIpc) is 2.47. The molecule has 0 aromatic heterocycles. The van der Waals surface area contributed by atoms with Crippen LogP contribution in [-0.2, 0) is 15.7 Å². The quantitative estimate of drug-likeness (QED) is 0.796. The first-order chi connectivity index (χ1) is 9.90. The minimum Gasteiger partial charge on any atom is -0.490 e. The first-order valence-corrected chi connectivity index (χ1v) is 6.82. The lowest BCUT2D eigenvalue weighted by molar-refractivity contribution is -0.147. The molecule has 0 aliphatic heterocycles. The van der Waals surface area contributed by atoms with Gasteiger partial charge in [0.15, 0.2) is 0 Å². The molecule has 0 heterocycles. The van der Waals surface area contributed by atoms with Crippen LogP contribution >= 0.6 is 0 Å². The van der Waals surface area contributed by atoms with Gasteiger partial charge in [0.25, 0.3) is 0 Å². The topological polar surface area (TPSA) is 35.5 Å². The normalized spacial score (nSPS) is 22.7. The van der Waals surface area contributed by atoms with Gasteiger partial charge < -0.3 is 9.47 Å². The van der Waals surface area contributed by atoms with Crippen molar-refractivity contribution in [2.75, 3.05) is 7.11 Å². The number of carbonyl (C=O) groups excluding carboxylic acids is 1. The van der Waals surface area contributed by atoms with Crippen LogP contribution in [0.1, 0.15) is 31.2 Å². The summed E-state index contributed by atoms with van der Waals surface area (Å²) in [6, 6.07) is 4.68. The Bertz CT molecular complexity index is 474. The summed E-state index contributed by atoms with van der Waals surface area (Å²) < 4.78 is 47.7. The Hall–Kier alpha value is -1.72. The third-order valence-electron chi connectivity index (χ3n) is 3.69. The summed E-state index contributed by atoms with van der Waals surface area (Å²) >= 11 is 0. The molecule has 6 heteroatoms. The van der Waals surface area contributed by atoms with Crippen LogP contribution in [0.25, 0.3) is 0 Å². The van der Waals surface area contributed by atoms with Gasteiger partial charge in [-0.05, 0) is 49.9 Å². The van der Waals surface area contributed by atoms with E-state index in [0.29, 0.717) is 31.4 Å². The van der Waals surface area contributed by atoms with E-state index in [9.17, 15) is 18.0 Å². The summed E-state index contributed by atoms with van der Waals surface area (Å²) in [5, 5.41) is 0. The Morgan fingerprint density at radius 1 is 1.10 bits per heavy atom. The molecule has 1 saturated carbocycles. The molecule has 0 radical (unpaired) electrons. The molecule has 3 nitrogen and oxygen atoms in total. The summed E-state index contributed by atoms with van der Waals surface area (Å²) in [6.07, 6.45) is -1.66. The van der Waals surface area contributed by atoms with Crippen molar-refractivity contribution in [1.82, 2.24) is 0 Å². The number of hydrogen-bond donors (Lipinski definition) is 0. The molecular formula is C15H17F3O3. The van der Waals surface area contributed by atoms with Gasteiger partial charge in [-0.15, -0.1) is 0 Å². The highest BCUT2D eigenvalue weighted by molar-refractivity contribution is 5.72. The van der Waals surface area contributed by atoms with E-state index >= 15 is 0 Å². The first kappa shape index (κ1) is 15.7. The molecule has 0 saturated heterocycles. The first-order valence-electron chi connectivity index (χ1n) is 6.82. The van der Waals surface area contributed by atoms with Gasteiger partial charge in [-0.3, -0.25) is 4.79 Å². The second-order valence-corrected chi connectivity index (χ2v) is 5.14. The van der Waals surface area contributed by atoms with Gasteiger partial charge in [-0.1, -0.05) is 0 Å². The summed E-state index contributed by atoms with van der Waals surface area (Å²) in [5.74, 6) is 0.120. The fraction of sp³-hybridized carbons (Fsp3) is 0.533. The van der Waals surface area contributed by atoms with Gasteiger partial charge in [0.05, 0.1) is 24.7 Å². The molecule has 1 aromatic carbocycles. The molecule has 0 bridgehead atoms. The summed E-state index contributed by atoms with van der Waals surface area (Å²) in [4.78, 5) is 11.4. The van der Waals surface area contributed by atoms with Crippen LogP contribution < -0.4 is 4.74 Å². The zero-order valence-corrected chi connectivity index (χ0v) is 11.7. The maximum atomic E-state index is 12.4. The van der Waals surface area contributed by atoms with Gasteiger partial charge in [0.2, 0.25) is 0 Å². The molecule has 0 amide bonds. The molecule has 0 N–H and O–H groups in total. The minimum absolute atomic E-state index is 0.0670. The van der Waals surface area contributed by atoms with E-state index < -0.39 is 11.7 Å². The number of hydrogen-bond acceptors (Lipinski definition) is 3. The van der Waals surface area contributed by atoms with Crippen LogP contribution in [0.3, 0.4) is 0 Å².